The van der Waals surface area contributed by atoms with Gasteiger partial charge in [-0.05, 0) is 30.8 Å². The van der Waals surface area contributed by atoms with Crippen LogP contribution in [0.15, 0.2) is 42.7 Å². The van der Waals surface area contributed by atoms with Crippen LogP contribution in [0.4, 0.5) is 0 Å². The molecule has 0 radical (unpaired) electrons. The van der Waals surface area contributed by atoms with E-state index < -0.39 is 0 Å². The predicted molar refractivity (Wildman–Crippen MR) is 73.1 cm³/mol. The van der Waals surface area contributed by atoms with Gasteiger partial charge in [-0.15, -0.1) is 0 Å². The summed E-state index contributed by atoms with van der Waals surface area (Å²) in [6.45, 7) is 3.74. The zero-order chi connectivity index (χ0) is 12.8. The van der Waals surface area contributed by atoms with E-state index in [0.717, 1.165) is 24.4 Å². The number of hydrogen-bond donors (Lipinski definition) is 1. The van der Waals surface area contributed by atoms with Crippen LogP contribution in [0.5, 0.6) is 11.5 Å². The molecule has 1 aromatic carbocycles. The Morgan fingerprint density at radius 3 is 3.00 bits per heavy atom. The van der Waals surface area contributed by atoms with E-state index in [9.17, 15) is 0 Å². The van der Waals surface area contributed by atoms with Crippen LogP contribution in [0, 0.1) is 0 Å². The molecule has 4 heteroatoms. The van der Waals surface area contributed by atoms with Crippen molar-refractivity contribution < 1.29 is 4.74 Å². The van der Waals surface area contributed by atoms with Crippen molar-refractivity contribution in [2.45, 2.75) is 13.5 Å². The average molecular weight is 263 g/mol. The first-order valence-corrected chi connectivity index (χ1v) is 6.24. The maximum absolute atomic E-state index is 5.93. The number of halogens is 1. The summed E-state index contributed by atoms with van der Waals surface area (Å²) in [5, 5.41) is 3.93. The van der Waals surface area contributed by atoms with Gasteiger partial charge in [-0.25, -0.2) is 0 Å². The smallest absolute Gasteiger partial charge is 0.150 e. The number of benzene rings is 1. The fourth-order valence-electron chi connectivity index (χ4n) is 1.56. The molecule has 0 unspecified atom stereocenters. The van der Waals surface area contributed by atoms with Crippen LogP contribution in [0.1, 0.15) is 12.5 Å². The highest BCUT2D eigenvalue weighted by atomic mass is 35.5. The minimum atomic E-state index is 0.657. The van der Waals surface area contributed by atoms with Crippen molar-refractivity contribution >= 4 is 11.6 Å². The summed E-state index contributed by atoms with van der Waals surface area (Å²) in [5.41, 5.74) is 1.08. The Labute approximate surface area is 112 Å². The molecule has 0 aliphatic rings. The fourth-order valence-corrected chi connectivity index (χ4v) is 1.74. The highest BCUT2D eigenvalue weighted by Gasteiger charge is 2.04. The van der Waals surface area contributed by atoms with Gasteiger partial charge in [-0.3, -0.25) is 4.98 Å². The number of pyridine rings is 1. The molecular weight excluding hydrogens is 248 g/mol. The van der Waals surface area contributed by atoms with Crippen molar-refractivity contribution in [3.8, 4) is 11.5 Å². The van der Waals surface area contributed by atoms with Gasteiger partial charge in [-0.2, -0.15) is 0 Å². The number of aromatic nitrogens is 1. The first-order valence-electron chi connectivity index (χ1n) is 5.86. The second-order valence-corrected chi connectivity index (χ2v) is 4.26. The van der Waals surface area contributed by atoms with Crippen LogP contribution in [0.3, 0.4) is 0 Å². The molecule has 18 heavy (non-hydrogen) atoms. The molecule has 0 spiro atoms. The van der Waals surface area contributed by atoms with E-state index in [1.54, 1.807) is 18.5 Å². The minimum Gasteiger partial charge on any atom is -0.455 e. The third kappa shape index (κ3) is 3.45. The molecule has 1 heterocycles. The largest absolute Gasteiger partial charge is 0.455 e. The minimum absolute atomic E-state index is 0.657. The zero-order valence-corrected chi connectivity index (χ0v) is 10.9. The summed E-state index contributed by atoms with van der Waals surface area (Å²) in [7, 11) is 0. The number of hydrogen-bond acceptors (Lipinski definition) is 3. The van der Waals surface area contributed by atoms with Crippen LogP contribution in [0.2, 0.25) is 5.02 Å². The van der Waals surface area contributed by atoms with Crippen molar-refractivity contribution in [1.29, 1.82) is 0 Å². The van der Waals surface area contributed by atoms with E-state index in [0.29, 0.717) is 10.8 Å². The number of rotatable bonds is 5. The molecule has 0 fully saturated rings. The Morgan fingerprint density at radius 1 is 1.33 bits per heavy atom. The van der Waals surface area contributed by atoms with Gasteiger partial charge < -0.3 is 10.1 Å². The quantitative estimate of drug-likeness (QED) is 0.893. The zero-order valence-electron chi connectivity index (χ0n) is 10.2. The molecule has 94 valence electrons. The number of ether oxygens (including phenoxy) is 1. The van der Waals surface area contributed by atoms with Crippen molar-refractivity contribution in [2.75, 3.05) is 6.54 Å². The third-order valence-corrected chi connectivity index (χ3v) is 2.69. The summed E-state index contributed by atoms with van der Waals surface area (Å²) in [4.78, 5) is 4.09. The average Bonchev–Trinajstić information content (AvgIpc) is 2.38. The second-order valence-electron chi connectivity index (χ2n) is 3.82. The lowest BCUT2D eigenvalue weighted by Gasteiger charge is -2.10. The summed E-state index contributed by atoms with van der Waals surface area (Å²) in [6.07, 6.45) is 3.48. The van der Waals surface area contributed by atoms with E-state index >= 15 is 0 Å². The van der Waals surface area contributed by atoms with E-state index in [1.807, 2.05) is 24.3 Å². The van der Waals surface area contributed by atoms with Gasteiger partial charge in [0.25, 0.3) is 0 Å². The fraction of sp³-hybridized carbons (Fsp3) is 0.214. The van der Waals surface area contributed by atoms with Gasteiger partial charge in [-0.1, -0.05) is 24.6 Å². The Hall–Kier alpha value is -1.58. The normalized spacial score (nSPS) is 10.3. The molecule has 0 bridgehead atoms. The van der Waals surface area contributed by atoms with Crippen LogP contribution >= 0.6 is 11.6 Å². The van der Waals surface area contributed by atoms with E-state index in [2.05, 4.69) is 17.2 Å². The Kier molecular flexibility index (Phi) is 4.56. The molecule has 1 N–H and O–H groups in total. The van der Waals surface area contributed by atoms with Crippen LogP contribution < -0.4 is 10.1 Å². The van der Waals surface area contributed by atoms with Gasteiger partial charge in [0.15, 0.2) is 0 Å². The van der Waals surface area contributed by atoms with Gasteiger partial charge in [0.2, 0.25) is 0 Å². The summed E-state index contributed by atoms with van der Waals surface area (Å²) in [5.74, 6) is 1.47. The summed E-state index contributed by atoms with van der Waals surface area (Å²) < 4.78 is 5.80. The molecule has 2 rings (SSSR count). The molecule has 0 saturated carbocycles. The lowest BCUT2D eigenvalue weighted by Crippen LogP contribution is -2.12. The molecule has 3 nitrogen and oxygen atoms in total. The maximum atomic E-state index is 5.93. The molecule has 2 aromatic rings. The monoisotopic (exact) mass is 262 g/mol. The third-order valence-electron chi connectivity index (χ3n) is 2.46. The Morgan fingerprint density at radius 2 is 2.22 bits per heavy atom. The molecule has 0 aliphatic carbocycles. The van der Waals surface area contributed by atoms with Crippen LogP contribution in [-0.4, -0.2) is 11.5 Å². The lowest BCUT2D eigenvalue weighted by molar-refractivity contribution is 0.471. The van der Waals surface area contributed by atoms with Crippen LogP contribution in [-0.2, 0) is 6.54 Å². The highest BCUT2D eigenvalue weighted by molar-refractivity contribution is 6.30. The van der Waals surface area contributed by atoms with Gasteiger partial charge >= 0.3 is 0 Å². The van der Waals surface area contributed by atoms with Gasteiger partial charge in [0.1, 0.15) is 11.5 Å². The molecule has 1 aromatic heterocycles. The Bertz CT molecular complexity index is 517. The SMILES string of the molecule is CCNCc1ccncc1Oc1cccc(Cl)c1. The molecule has 0 amide bonds. The highest BCUT2D eigenvalue weighted by Crippen LogP contribution is 2.26. The van der Waals surface area contributed by atoms with Crippen molar-refractivity contribution in [1.82, 2.24) is 10.3 Å². The molecule has 0 saturated heterocycles. The molecule has 0 aliphatic heterocycles. The van der Waals surface area contributed by atoms with Crippen LogP contribution in [0.25, 0.3) is 0 Å². The first-order chi connectivity index (χ1) is 8.79. The topological polar surface area (TPSA) is 34.2 Å². The first kappa shape index (κ1) is 12.9. The summed E-state index contributed by atoms with van der Waals surface area (Å²) in [6, 6.07) is 9.28. The van der Waals surface area contributed by atoms with Crippen molar-refractivity contribution in [2.24, 2.45) is 0 Å². The van der Waals surface area contributed by atoms with Gasteiger partial charge in [0.05, 0.1) is 6.20 Å². The van der Waals surface area contributed by atoms with E-state index in [4.69, 9.17) is 16.3 Å². The lowest BCUT2D eigenvalue weighted by atomic mass is 10.2. The molecule has 0 atom stereocenters. The van der Waals surface area contributed by atoms with E-state index in [-0.39, 0.29) is 0 Å². The second kappa shape index (κ2) is 6.38. The standard InChI is InChI=1S/C14H15ClN2O/c1-2-16-9-11-6-7-17-10-14(11)18-13-5-3-4-12(15)8-13/h3-8,10,16H,2,9H2,1H3. The van der Waals surface area contributed by atoms with Crippen molar-refractivity contribution in [3.05, 3.63) is 53.3 Å². The van der Waals surface area contributed by atoms with Gasteiger partial charge in [0, 0.05) is 23.3 Å². The maximum Gasteiger partial charge on any atom is 0.150 e. The predicted octanol–water partition coefficient (Wildman–Crippen LogP) is 3.64. The van der Waals surface area contributed by atoms with E-state index in [1.165, 1.54) is 0 Å². The Balaban J connectivity index is 2.17. The molecular formula is C14H15ClN2O. The number of nitrogens with zero attached hydrogens (tertiary/aromatic N) is 1. The van der Waals surface area contributed by atoms with Crippen molar-refractivity contribution in [3.63, 3.8) is 0 Å². The summed E-state index contributed by atoms with van der Waals surface area (Å²) >= 11 is 5.93. The number of nitrogens with one attached hydrogen (secondary N) is 1.